The zero-order valence-electron chi connectivity index (χ0n) is 17.8. The molecule has 0 radical (unpaired) electrons. The molecule has 0 fully saturated rings. The molecule has 2 aromatic carbocycles. The van der Waals surface area contributed by atoms with Crippen LogP contribution in [0.15, 0.2) is 47.4 Å². The summed E-state index contributed by atoms with van der Waals surface area (Å²) in [4.78, 5) is 15.1. The zero-order valence-corrected chi connectivity index (χ0v) is 17.8. The summed E-state index contributed by atoms with van der Waals surface area (Å²) in [5.41, 5.74) is -3.62. The Hall–Kier alpha value is -3.07. The van der Waals surface area contributed by atoms with Crippen LogP contribution in [0, 0.1) is 12.7 Å². The standard InChI is InChI=1S/C23H24F4N2O3/c1-13-10-28-18-9-15(5-6-16(18)20(13)31)29-12-22(32,23(25,26)27)11-21(2,3)17-8-14(24)4-7-19(17)30/h4-10,29-30,32H,11-12H2,1-3H3,(H,28,31). The highest BCUT2D eigenvalue weighted by Crippen LogP contribution is 2.43. The van der Waals surface area contributed by atoms with Crippen molar-refractivity contribution in [2.45, 2.75) is 44.4 Å². The van der Waals surface area contributed by atoms with Gasteiger partial charge in [-0.25, -0.2) is 4.39 Å². The van der Waals surface area contributed by atoms with E-state index in [-0.39, 0.29) is 22.4 Å². The van der Waals surface area contributed by atoms with Crippen LogP contribution in [0.3, 0.4) is 0 Å². The molecule has 3 aromatic rings. The van der Waals surface area contributed by atoms with Crippen molar-refractivity contribution >= 4 is 16.6 Å². The third-order valence-electron chi connectivity index (χ3n) is 5.60. The van der Waals surface area contributed by atoms with Gasteiger partial charge in [0.2, 0.25) is 0 Å². The molecule has 1 heterocycles. The van der Waals surface area contributed by atoms with Crippen LogP contribution in [0.4, 0.5) is 23.2 Å². The molecular weight excluding hydrogens is 428 g/mol. The van der Waals surface area contributed by atoms with Gasteiger partial charge in [0.1, 0.15) is 11.6 Å². The highest BCUT2D eigenvalue weighted by atomic mass is 19.4. The van der Waals surface area contributed by atoms with E-state index in [1.54, 1.807) is 6.92 Å². The molecule has 32 heavy (non-hydrogen) atoms. The number of halogens is 4. The summed E-state index contributed by atoms with van der Waals surface area (Å²) in [6.07, 6.45) is -4.34. The molecular formula is C23H24F4N2O3. The third-order valence-corrected chi connectivity index (χ3v) is 5.60. The summed E-state index contributed by atoms with van der Waals surface area (Å²) in [6.45, 7) is 3.53. The Morgan fingerprint density at radius 2 is 1.78 bits per heavy atom. The summed E-state index contributed by atoms with van der Waals surface area (Å²) >= 11 is 0. The second-order valence-electron chi connectivity index (χ2n) is 8.67. The van der Waals surface area contributed by atoms with Crippen molar-refractivity contribution in [1.82, 2.24) is 4.98 Å². The Bertz CT molecular complexity index is 1200. The lowest BCUT2D eigenvalue weighted by Crippen LogP contribution is -2.53. The van der Waals surface area contributed by atoms with Gasteiger partial charge in [-0.3, -0.25) is 4.79 Å². The lowest BCUT2D eigenvalue weighted by molar-refractivity contribution is -0.260. The minimum Gasteiger partial charge on any atom is -0.508 e. The molecule has 0 saturated carbocycles. The van der Waals surface area contributed by atoms with E-state index in [1.165, 1.54) is 38.2 Å². The van der Waals surface area contributed by atoms with Crippen LogP contribution in [-0.4, -0.2) is 33.5 Å². The summed E-state index contributed by atoms with van der Waals surface area (Å²) in [5, 5.41) is 23.7. The zero-order chi connectivity index (χ0) is 23.9. The summed E-state index contributed by atoms with van der Waals surface area (Å²) < 4.78 is 55.4. The molecule has 0 amide bonds. The van der Waals surface area contributed by atoms with Crippen molar-refractivity contribution in [2.24, 2.45) is 0 Å². The van der Waals surface area contributed by atoms with Crippen LogP contribution < -0.4 is 10.7 Å². The molecule has 1 atom stereocenters. The molecule has 1 aromatic heterocycles. The predicted molar refractivity (Wildman–Crippen MR) is 115 cm³/mol. The smallest absolute Gasteiger partial charge is 0.418 e. The van der Waals surface area contributed by atoms with Crippen molar-refractivity contribution in [2.75, 3.05) is 11.9 Å². The molecule has 0 spiro atoms. The van der Waals surface area contributed by atoms with Gasteiger partial charge in [-0.15, -0.1) is 0 Å². The summed E-state index contributed by atoms with van der Waals surface area (Å²) in [6, 6.07) is 7.45. The number of aromatic nitrogens is 1. The van der Waals surface area contributed by atoms with Gasteiger partial charge in [0.25, 0.3) is 0 Å². The minimum atomic E-state index is -5.01. The van der Waals surface area contributed by atoms with E-state index in [4.69, 9.17) is 0 Å². The normalized spacial score (nSPS) is 14.4. The van der Waals surface area contributed by atoms with Crippen molar-refractivity contribution < 1.29 is 27.8 Å². The number of anilines is 1. The SMILES string of the molecule is Cc1c[nH]c2cc(NCC(O)(CC(C)(C)c3cc(F)ccc3O)C(F)(F)F)ccc2c1=O. The van der Waals surface area contributed by atoms with Crippen molar-refractivity contribution in [3.63, 3.8) is 0 Å². The van der Waals surface area contributed by atoms with E-state index >= 15 is 0 Å². The Labute approximate surface area is 181 Å². The van der Waals surface area contributed by atoms with Gasteiger partial charge < -0.3 is 20.5 Å². The molecule has 4 N–H and O–H groups in total. The Morgan fingerprint density at radius 3 is 2.44 bits per heavy atom. The summed E-state index contributed by atoms with van der Waals surface area (Å²) in [5.74, 6) is -1.07. The van der Waals surface area contributed by atoms with Crippen LogP contribution in [0.2, 0.25) is 0 Å². The van der Waals surface area contributed by atoms with Gasteiger partial charge in [-0.1, -0.05) is 13.8 Å². The molecule has 0 aliphatic rings. The largest absolute Gasteiger partial charge is 0.508 e. The number of fused-ring (bicyclic) bond motifs is 1. The highest BCUT2D eigenvalue weighted by Gasteiger charge is 2.56. The number of benzene rings is 2. The maximum atomic E-state index is 13.9. The number of hydrogen-bond acceptors (Lipinski definition) is 4. The number of hydrogen-bond donors (Lipinski definition) is 4. The van der Waals surface area contributed by atoms with Crippen molar-refractivity contribution in [3.8, 4) is 5.75 Å². The van der Waals surface area contributed by atoms with E-state index in [2.05, 4.69) is 10.3 Å². The number of H-pyrrole nitrogens is 1. The average Bonchev–Trinajstić information content (AvgIpc) is 2.70. The third kappa shape index (κ3) is 4.57. The fourth-order valence-electron chi connectivity index (χ4n) is 3.82. The molecule has 172 valence electrons. The topological polar surface area (TPSA) is 85.3 Å². The number of rotatable bonds is 6. The molecule has 0 saturated heterocycles. The fraction of sp³-hybridized carbons (Fsp3) is 0.348. The van der Waals surface area contributed by atoms with Gasteiger partial charge in [0, 0.05) is 28.4 Å². The number of nitrogens with one attached hydrogen (secondary N) is 2. The lowest BCUT2D eigenvalue weighted by Gasteiger charge is -2.38. The van der Waals surface area contributed by atoms with Crippen LogP contribution in [-0.2, 0) is 5.41 Å². The molecule has 0 aliphatic carbocycles. The van der Waals surface area contributed by atoms with Gasteiger partial charge >= 0.3 is 6.18 Å². The second-order valence-corrected chi connectivity index (χ2v) is 8.67. The number of aromatic hydroxyl groups is 1. The monoisotopic (exact) mass is 452 g/mol. The maximum absolute atomic E-state index is 13.9. The number of aliphatic hydroxyl groups is 1. The molecule has 3 rings (SSSR count). The van der Waals surface area contributed by atoms with Crippen LogP contribution in [0.1, 0.15) is 31.4 Å². The summed E-state index contributed by atoms with van der Waals surface area (Å²) in [7, 11) is 0. The fourth-order valence-corrected chi connectivity index (χ4v) is 3.82. The van der Waals surface area contributed by atoms with E-state index in [0.717, 1.165) is 18.2 Å². The number of aryl methyl sites for hydroxylation is 1. The minimum absolute atomic E-state index is 0.0428. The van der Waals surface area contributed by atoms with E-state index in [9.17, 15) is 32.6 Å². The molecule has 5 nitrogen and oxygen atoms in total. The first-order valence-corrected chi connectivity index (χ1v) is 9.87. The number of alkyl halides is 3. The van der Waals surface area contributed by atoms with Crippen LogP contribution >= 0.6 is 0 Å². The van der Waals surface area contributed by atoms with Crippen LogP contribution in [0.5, 0.6) is 5.75 Å². The van der Waals surface area contributed by atoms with E-state index < -0.39 is 36.0 Å². The van der Waals surface area contributed by atoms with Crippen LogP contribution in [0.25, 0.3) is 10.9 Å². The lowest BCUT2D eigenvalue weighted by atomic mass is 9.74. The Kier molecular flexibility index (Phi) is 5.99. The van der Waals surface area contributed by atoms with Crippen molar-refractivity contribution in [3.05, 3.63) is 69.8 Å². The first-order chi connectivity index (χ1) is 14.7. The van der Waals surface area contributed by atoms with E-state index in [1.807, 2.05) is 0 Å². The van der Waals surface area contributed by atoms with Gasteiger partial charge in [-0.2, -0.15) is 13.2 Å². The molecule has 0 bridgehead atoms. The number of aromatic amines is 1. The Balaban J connectivity index is 1.89. The predicted octanol–water partition coefficient (Wildman–Crippen LogP) is 4.75. The first kappa shape index (κ1) is 23.6. The number of phenolic OH excluding ortho intramolecular Hbond substituents is 1. The quantitative estimate of drug-likeness (QED) is 0.407. The van der Waals surface area contributed by atoms with Gasteiger partial charge in [-0.05, 0) is 55.2 Å². The average molecular weight is 452 g/mol. The maximum Gasteiger partial charge on any atom is 0.418 e. The first-order valence-electron chi connectivity index (χ1n) is 9.87. The van der Waals surface area contributed by atoms with Gasteiger partial charge in [0.05, 0.1) is 12.1 Å². The highest BCUT2D eigenvalue weighted by molar-refractivity contribution is 5.82. The Morgan fingerprint density at radius 1 is 1.09 bits per heavy atom. The molecule has 0 aliphatic heterocycles. The van der Waals surface area contributed by atoms with Crippen molar-refractivity contribution in [1.29, 1.82) is 0 Å². The number of pyridine rings is 1. The van der Waals surface area contributed by atoms with E-state index in [0.29, 0.717) is 16.5 Å². The van der Waals surface area contributed by atoms with Gasteiger partial charge in [0.15, 0.2) is 11.0 Å². The molecule has 9 heteroatoms. The molecule has 1 unspecified atom stereocenters. The second kappa shape index (κ2) is 8.12. The number of phenols is 1.